The van der Waals surface area contributed by atoms with Crippen molar-refractivity contribution in [3.8, 4) is 5.75 Å². The largest absolute Gasteiger partial charge is 0.507 e. The number of ether oxygens (including phenoxy) is 1. The number of nitrogens with zero attached hydrogens (tertiary/aromatic N) is 2. The van der Waals surface area contributed by atoms with Gasteiger partial charge in [0, 0.05) is 23.6 Å². The maximum atomic E-state index is 13.1. The molecular weight excluding hydrogens is 424 g/mol. The Morgan fingerprint density at radius 2 is 1.61 bits per heavy atom. The number of aromatic nitrogens is 1. The number of amides is 1. The summed E-state index contributed by atoms with van der Waals surface area (Å²) in [5.41, 5.74) is 1.87. The average molecular weight is 444 g/mol. The van der Waals surface area contributed by atoms with Gasteiger partial charge < -0.3 is 14.9 Å². The number of carboxylic acids is 1. The molecule has 0 aliphatic carbocycles. The summed E-state index contributed by atoms with van der Waals surface area (Å²) in [6, 6.07) is 15.4. The Labute approximate surface area is 189 Å². The molecule has 0 bridgehead atoms. The molecule has 1 unspecified atom stereocenters. The Bertz CT molecular complexity index is 1230. The van der Waals surface area contributed by atoms with E-state index in [0.717, 1.165) is 0 Å². The number of aliphatic hydroxyl groups is 1. The van der Waals surface area contributed by atoms with Crippen molar-refractivity contribution in [2.24, 2.45) is 0 Å². The van der Waals surface area contributed by atoms with Crippen LogP contribution in [0.1, 0.15) is 22.7 Å². The first-order valence-corrected chi connectivity index (χ1v) is 10.1. The standard InChI is InChI=1S/C25H20N2O6/c1-33-19-8-4-16(5-9-19)22-21(23(30)17-10-12-26-13-11-17)24(31)25(32)27(22)18-6-2-15(3-7-18)14-20(28)29/h2-13,22,30H,14H2,1H3,(H,28,29)/b23-21-. The number of Topliss-reactive ketones (excluding diaryl/α,β-unsaturated/α-hetero) is 1. The van der Waals surface area contributed by atoms with Gasteiger partial charge in [0.15, 0.2) is 0 Å². The predicted molar refractivity (Wildman–Crippen MR) is 120 cm³/mol. The highest BCUT2D eigenvalue weighted by molar-refractivity contribution is 6.51. The zero-order valence-corrected chi connectivity index (χ0v) is 17.6. The van der Waals surface area contributed by atoms with E-state index < -0.39 is 23.7 Å². The molecule has 1 aliphatic heterocycles. The number of carbonyl (C=O) groups excluding carboxylic acids is 2. The number of hydrogen-bond donors (Lipinski definition) is 2. The molecule has 8 heteroatoms. The number of carboxylic acid groups (broad SMARTS) is 1. The molecule has 1 aromatic heterocycles. The van der Waals surface area contributed by atoms with E-state index in [2.05, 4.69) is 4.98 Å². The Morgan fingerprint density at radius 1 is 0.970 bits per heavy atom. The normalized spacial score (nSPS) is 17.2. The average Bonchev–Trinajstić information content (AvgIpc) is 3.10. The van der Waals surface area contributed by atoms with E-state index in [4.69, 9.17) is 9.84 Å². The quantitative estimate of drug-likeness (QED) is 0.340. The summed E-state index contributed by atoms with van der Waals surface area (Å²) < 4.78 is 5.21. The van der Waals surface area contributed by atoms with E-state index in [1.165, 1.54) is 24.4 Å². The molecule has 1 saturated heterocycles. The van der Waals surface area contributed by atoms with Gasteiger partial charge in [-0.25, -0.2) is 0 Å². The van der Waals surface area contributed by atoms with Gasteiger partial charge in [0.05, 0.1) is 25.1 Å². The lowest BCUT2D eigenvalue weighted by molar-refractivity contribution is -0.136. The second kappa shape index (κ2) is 8.96. The minimum atomic E-state index is -0.973. The van der Waals surface area contributed by atoms with Crippen molar-refractivity contribution in [3.05, 3.63) is 95.3 Å². The lowest BCUT2D eigenvalue weighted by Crippen LogP contribution is -2.29. The number of aliphatic hydroxyl groups excluding tert-OH is 1. The molecular formula is C25H20N2O6. The first-order chi connectivity index (χ1) is 15.9. The van der Waals surface area contributed by atoms with Crippen LogP contribution < -0.4 is 9.64 Å². The van der Waals surface area contributed by atoms with Crippen LogP contribution in [-0.4, -0.2) is 40.0 Å². The van der Waals surface area contributed by atoms with Crippen LogP contribution in [0.4, 0.5) is 5.69 Å². The van der Waals surface area contributed by atoms with Crippen molar-refractivity contribution in [2.75, 3.05) is 12.0 Å². The van der Waals surface area contributed by atoms with Crippen LogP contribution in [0.2, 0.25) is 0 Å². The van der Waals surface area contributed by atoms with E-state index in [1.54, 1.807) is 60.7 Å². The number of carbonyl (C=O) groups is 3. The summed E-state index contributed by atoms with van der Waals surface area (Å²) >= 11 is 0. The molecule has 4 rings (SSSR count). The van der Waals surface area contributed by atoms with E-state index >= 15 is 0 Å². The lowest BCUT2D eigenvalue weighted by Gasteiger charge is -2.25. The third-order valence-corrected chi connectivity index (χ3v) is 5.40. The molecule has 1 atom stereocenters. The van der Waals surface area contributed by atoms with Gasteiger partial charge >= 0.3 is 5.97 Å². The van der Waals surface area contributed by atoms with Crippen LogP contribution in [0.5, 0.6) is 5.75 Å². The van der Waals surface area contributed by atoms with Crippen LogP contribution >= 0.6 is 0 Å². The first kappa shape index (κ1) is 21.8. The van der Waals surface area contributed by atoms with Crippen LogP contribution in [-0.2, 0) is 20.8 Å². The topological polar surface area (TPSA) is 117 Å². The van der Waals surface area contributed by atoms with Crippen molar-refractivity contribution in [1.82, 2.24) is 4.98 Å². The number of pyridine rings is 1. The zero-order chi connectivity index (χ0) is 23.5. The molecule has 1 fully saturated rings. The van der Waals surface area contributed by atoms with E-state index in [1.807, 2.05) is 0 Å². The minimum Gasteiger partial charge on any atom is -0.507 e. The molecule has 8 nitrogen and oxygen atoms in total. The van der Waals surface area contributed by atoms with Crippen LogP contribution in [0.25, 0.3) is 5.76 Å². The number of hydrogen-bond acceptors (Lipinski definition) is 6. The zero-order valence-electron chi connectivity index (χ0n) is 17.6. The summed E-state index contributed by atoms with van der Waals surface area (Å²) in [4.78, 5) is 42.4. The third-order valence-electron chi connectivity index (χ3n) is 5.40. The highest BCUT2D eigenvalue weighted by Gasteiger charge is 2.46. The summed E-state index contributed by atoms with van der Waals surface area (Å²) in [5, 5.41) is 20.0. The van der Waals surface area contributed by atoms with Crippen molar-refractivity contribution < 1.29 is 29.3 Å². The van der Waals surface area contributed by atoms with Gasteiger partial charge in [-0.15, -0.1) is 0 Å². The smallest absolute Gasteiger partial charge is 0.307 e. The van der Waals surface area contributed by atoms with Crippen molar-refractivity contribution >= 4 is 29.1 Å². The molecule has 0 radical (unpaired) electrons. The second-order valence-corrected chi connectivity index (χ2v) is 7.42. The number of benzene rings is 2. The molecule has 1 amide bonds. The summed E-state index contributed by atoms with van der Waals surface area (Å²) in [7, 11) is 1.53. The number of anilines is 1. The van der Waals surface area contributed by atoms with Gasteiger partial charge in [-0.3, -0.25) is 24.3 Å². The van der Waals surface area contributed by atoms with E-state index in [9.17, 15) is 19.5 Å². The maximum Gasteiger partial charge on any atom is 0.307 e. The Morgan fingerprint density at radius 3 is 2.18 bits per heavy atom. The van der Waals surface area contributed by atoms with E-state index in [0.29, 0.717) is 28.1 Å². The number of aliphatic carboxylic acids is 1. The van der Waals surface area contributed by atoms with Crippen LogP contribution in [0.3, 0.4) is 0 Å². The Balaban J connectivity index is 1.86. The second-order valence-electron chi connectivity index (χ2n) is 7.42. The van der Waals surface area contributed by atoms with Gasteiger partial charge in [0.1, 0.15) is 11.5 Å². The van der Waals surface area contributed by atoms with Gasteiger partial charge in [0.25, 0.3) is 11.7 Å². The lowest BCUT2D eigenvalue weighted by atomic mass is 9.95. The summed E-state index contributed by atoms with van der Waals surface area (Å²) in [5.74, 6) is -2.29. The molecule has 3 aromatic rings. The number of rotatable bonds is 6. The van der Waals surface area contributed by atoms with Gasteiger partial charge in [-0.05, 0) is 47.5 Å². The Hall–Kier alpha value is -4.46. The highest BCUT2D eigenvalue weighted by Crippen LogP contribution is 2.42. The van der Waals surface area contributed by atoms with Crippen LogP contribution in [0, 0.1) is 0 Å². The molecule has 166 valence electrons. The SMILES string of the molecule is COc1ccc(C2/C(=C(/O)c3ccncc3)C(=O)C(=O)N2c2ccc(CC(=O)O)cc2)cc1. The molecule has 2 heterocycles. The van der Waals surface area contributed by atoms with E-state index in [-0.39, 0.29) is 17.8 Å². The first-order valence-electron chi connectivity index (χ1n) is 10.1. The van der Waals surface area contributed by atoms with Gasteiger partial charge in [0.2, 0.25) is 0 Å². The third kappa shape index (κ3) is 4.18. The minimum absolute atomic E-state index is 0.0500. The molecule has 0 saturated carbocycles. The molecule has 1 aliphatic rings. The molecule has 0 spiro atoms. The van der Waals surface area contributed by atoms with Gasteiger partial charge in [-0.2, -0.15) is 0 Å². The van der Waals surface area contributed by atoms with Crippen molar-refractivity contribution in [1.29, 1.82) is 0 Å². The fraction of sp³-hybridized carbons (Fsp3) is 0.120. The summed E-state index contributed by atoms with van der Waals surface area (Å²) in [6.45, 7) is 0. The Kier molecular flexibility index (Phi) is 5.91. The number of ketones is 1. The maximum absolute atomic E-state index is 13.1. The fourth-order valence-corrected chi connectivity index (χ4v) is 3.81. The van der Waals surface area contributed by atoms with Crippen molar-refractivity contribution in [3.63, 3.8) is 0 Å². The fourth-order valence-electron chi connectivity index (χ4n) is 3.81. The molecule has 33 heavy (non-hydrogen) atoms. The predicted octanol–water partition coefficient (Wildman–Crippen LogP) is 3.34. The van der Waals surface area contributed by atoms with Gasteiger partial charge in [-0.1, -0.05) is 24.3 Å². The monoisotopic (exact) mass is 444 g/mol. The summed E-state index contributed by atoms with van der Waals surface area (Å²) in [6.07, 6.45) is 2.80. The van der Waals surface area contributed by atoms with Crippen molar-refractivity contribution in [2.45, 2.75) is 12.5 Å². The number of methoxy groups -OCH3 is 1. The molecule has 2 N–H and O–H groups in total. The van der Waals surface area contributed by atoms with Crippen LogP contribution in [0.15, 0.2) is 78.6 Å². The highest BCUT2D eigenvalue weighted by atomic mass is 16.5. The molecule has 2 aromatic carbocycles.